The van der Waals surface area contributed by atoms with Crippen molar-refractivity contribution in [2.24, 2.45) is 11.3 Å². The summed E-state index contributed by atoms with van der Waals surface area (Å²) in [5.41, 5.74) is 0.278. The van der Waals surface area contributed by atoms with Gasteiger partial charge in [-0.15, -0.1) is 0 Å². The first-order chi connectivity index (χ1) is 12.5. The van der Waals surface area contributed by atoms with Crippen molar-refractivity contribution in [3.8, 4) is 0 Å². The molecule has 2 aliphatic rings. The Bertz CT molecular complexity index is 556. The second kappa shape index (κ2) is 8.67. The van der Waals surface area contributed by atoms with Crippen LogP contribution in [0.1, 0.15) is 27.7 Å². The third kappa shape index (κ3) is 4.60. The first-order valence-corrected chi connectivity index (χ1v) is 9.19. The van der Waals surface area contributed by atoms with Crippen molar-refractivity contribution in [2.45, 2.75) is 76.7 Å². The molecule has 0 amide bonds. The summed E-state index contributed by atoms with van der Waals surface area (Å²) in [6, 6.07) is 0. The molecule has 27 heavy (non-hydrogen) atoms. The SMILES string of the molecule is CC1=CC(OC2OC(CO)C(O)C(O)C2O)C(O)C(C)(C)C1C=CC(C)O. The van der Waals surface area contributed by atoms with Gasteiger partial charge in [0.1, 0.15) is 30.5 Å². The number of aliphatic hydroxyl groups excluding tert-OH is 6. The van der Waals surface area contributed by atoms with Crippen molar-refractivity contribution in [2.75, 3.05) is 6.61 Å². The van der Waals surface area contributed by atoms with Gasteiger partial charge in [0, 0.05) is 11.3 Å². The maximum Gasteiger partial charge on any atom is 0.187 e. The van der Waals surface area contributed by atoms with E-state index in [2.05, 4.69) is 0 Å². The first-order valence-electron chi connectivity index (χ1n) is 9.19. The van der Waals surface area contributed by atoms with E-state index in [0.29, 0.717) is 0 Å². The molecule has 1 heterocycles. The molecule has 9 unspecified atom stereocenters. The normalized spacial score (nSPS) is 43.6. The van der Waals surface area contributed by atoms with Crippen LogP contribution in [0, 0.1) is 11.3 Å². The molecule has 9 atom stereocenters. The number of ether oxygens (including phenoxy) is 2. The molecule has 6 N–H and O–H groups in total. The van der Waals surface area contributed by atoms with E-state index < -0.39 is 61.0 Å². The highest BCUT2D eigenvalue weighted by atomic mass is 16.7. The third-order valence-electron chi connectivity index (χ3n) is 5.51. The van der Waals surface area contributed by atoms with Gasteiger partial charge in [-0.1, -0.05) is 37.6 Å². The lowest BCUT2D eigenvalue weighted by molar-refractivity contribution is -0.316. The summed E-state index contributed by atoms with van der Waals surface area (Å²) in [6.07, 6.45) is -4.08. The fraction of sp³-hybridized carbons (Fsp3) is 0.789. The standard InChI is InChI=1S/C19H32O8/c1-9-7-12(17(25)19(3,4)11(9)6-5-10(2)21)26-18-16(24)15(23)14(22)13(8-20)27-18/h5-7,10-18,20-25H,8H2,1-4H3. The van der Waals surface area contributed by atoms with Crippen LogP contribution in [0.15, 0.2) is 23.8 Å². The van der Waals surface area contributed by atoms with Gasteiger partial charge in [-0.05, 0) is 13.8 Å². The predicted octanol–water partition coefficient (Wildman–Crippen LogP) is -0.928. The average Bonchev–Trinajstić information content (AvgIpc) is 2.59. The molecular formula is C19H32O8. The van der Waals surface area contributed by atoms with Crippen molar-refractivity contribution in [3.63, 3.8) is 0 Å². The smallest absolute Gasteiger partial charge is 0.187 e. The maximum absolute atomic E-state index is 10.8. The molecule has 0 aromatic rings. The third-order valence-corrected chi connectivity index (χ3v) is 5.51. The second-order valence-corrected chi connectivity index (χ2v) is 8.08. The maximum atomic E-state index is 10.8. The molecule has 0 bridgehead atoms. The number of aliphatic hydroxyl groups is 6. The molecule has 2 rings (SSSR count). The van der Waals surface area contributed by atoms with Crippen molar-refractivity contribution in [3.05, 3.63) is 23.8 Å². The largest absolute Gasteiger partial charge is 0.394 e. The van der Waals surface area contributed by atoms with Crippen LogP contribution in [0.3, 0.4) is 0 Å². The van der Waals surface area contributed by atoms with E-state index in [4.69, 9.17) is 9.47 Å². The molecule has 0 spiro atoms. The quantitative estimate of drug-likeness (QED) is 0.332. The van der Waals surface area contributed by atoms with Gasteiger partial charge in [-0.2, -0.15) is 0 Å². The summed E-state index contributed by atoms with van der Waals surface area (Å²) in [6.45, 7) is 6.72. The molecule has 156 valence electrons. The highest BCUT2D eigenvalue weighted by Crippen LogP contribution is 2.43. The van der Waals surface area contributed by atoms with E-state index >= 15 is 0 Å². The first kappa shape index (κ1) is 22.4. The van der Waals surface area contributed by atoms with Gasteiger partial charge in [-0.3, -0.25) is 0 Å². The van der Waals surface area contributed by atoms with Gasteiger partial charge in [0.25, 0.3) is 0 Å². The molecule has 0 saturated carbocycles. The van der Waals surface area contributed by atoms with E-state index in [9.17, 15) is 30.6 Å². The van der Waals surface area contributed by atoms with E-state index in [1.54, 1.807) is 19.1 Å². The van der Waals surface area contributed by atoms with Crippen molar-refractivity contribution in [1.82, 2.24) is 0 Å². The van der Waals surface area contributed by atoms with Crippen LogP contribution < -0.4 is 0 Å². The summed E-state index contributed by atoms with van der Waals surface area (Å²) in [5.74, 6) is -0.128. The van der Waals surface area contributed by atoms with Crippen LogP contribution in [-0.2, 0) is 9.47 Å². The zero-order valence-electron chi connectivity index (χ0n) is 16.1. The molecule has 1 saturated heterocycles. The molecule has 1 fully saturated rings. The van der Waals surface area contributed by atoms with Gasteiger partial charge in [0.15, 0.2) is 6.29 Å². The molecule has 0 aromatic carbocycles. The van der Waals surface area contributed by atoms with Crippen LogP contribution in [-0.4, -0.2) is 86.3 Å². The monoisotopic (exact) mass is 388 g/mol. The van der Waals surface area contributed by atoms with Crippen molar-refractivity contribution in [1.29, 1.82) is 0 Å². The Balaban J connectivity index is 2.21. The lowest BCUT2D eigenvalue weighted by Gasteiger charge is -2.47. The molecule has 1 aliphatic carbocycles. The minimum atomic E-state index is -1.54. The van der Waals surface area contributed by atoms with Crippen molar-refractivity contribution >= 4 is 0 Å². The van der Waals surface area contributed by atoms with E-state index in [-0.39, 0.29) is 5.92 Å². The van der Waals surface area contributed by atoms with Gasteiger partial charge in [0.05, 0.1) is 18.8 Å². The molecule has 8 nitrogen and oxygen atoms in total. The molecular weight excluding hydrogens is 356 g/mol. The van der Waals surface area contributed by atoms with Crippen molar-refractivity contribution < 1.29 is 40.1 Å². The average molecular weight is 388 g/mol. The molecule has 8 heteroatoms. The number of hydrogen-bond acceptors (Lipinski definition) is 8. The van der Waals surface area contributed by atoms with Crippen LogP contribution >= 0.6 is 0 Å². The zero-order chi connectivity index (χ0) is 20.5. The van der Waals surface area contributed by atoms with Crippen LogP contribution in [0.4, 0.5) is 0 Å². The Morgan fingerprint density at radius 3 is 2.37 bits per heavy atom. The summed E-state index contributed by atoms with van der Waals surface area (Å²) >= 11 is 0. The minimum absolute atomic E-state index is 0.128. The Hall–Kier alpha value is -0.840. The molecule has 0 aromatic heterocycles. The van der Waals surface area contributed by atoms with E-state index in [0.717, 1.165) is 5.57 Å². The number of hydrogen-bond donors (Lipinski definition) is 6. The summed E-state index contributed by atoms with van der Waals surface area (Å²) in [4.78, 5) is 0. The number of allylic oxidation sites excluding steroid dienone is 2. The Kier molecular flexibility index (Phi) is 7.21. The van der Waals surface area contributed by atoms with Crippen LogP contribution in [0.25, 0.3) is 0 Å². The van der Waals surface area contributed by atoms with Gasteiger partial charge >= 0.3 is 0 Å². The van der Waals surface area contributed by atoms with Crippen LogP contribution in [0.5, 0.6) is 0 Å². The predicted molar refractivity (Wildman–Crippen MR) is 96.5 cm³/mol. The van der Waals surface area contributed by atoms with Gasteiger partial charge in [0.2, 0.25) is 0 Å². The van der Waals surface area contributed by atoms with Crippen LogP contribution in [0.2, 0.25) is 0 Å². The zero-order valence-corrected chi connectivity index (χ0v) is 16.1. The lowest BCUT2D eigenvalue weighted by Crippen LogP contribution is -2.60. The Morgan fingerprint density at radius 1 is 1.19 bits per heavy atom. The highest BCUT2D eigenvalue weighted by Gasteiger charge is 2.48. The molecule has 1 aliphatic heterocycles. The Morgan fingerprint density at radius 2 is 1.81 bits per heavy atom. The summed E-state index contributed by atoms with van der Waals surface area (Å²) in [5, 5.41) is 59.5. The van der Waals surface area contributed by atoms with E-state index in [1.165, 1.54) is 0 Å². The Labute approximate surface area is 159 Å². The topological polar surface area (TPSA) is 140 Å². The van der Waals surface area contributed by atoms with Gasteiger partial charge in [-0.25, -0.2) is 0 Å². The summed E-state index contributed by atoms with van der Waals surface area (Å²) in [7, 11) is 0. The minimum Gasteiger partial charge on any atom is -0.394 e. The number of rotatable bonds is 5. The second-order valence-electron chi connectivity index (χ2n) is 8.08. The van der Waals surface area contributed by atoms with E-state index in [1.807, 2.05) is 26.8 Å². The molecule has 0 radical (unpaired) electrons. The fourth-order valence-electron chi connectivity index (χ4n) is 3.77. The van der Waals surface area contributed by atoms with Gasteiger partial charge < -0.3 is 40.1 Å². The fourth-order valence-corrected chi connectivity index (χ4v) is 3.77. The summed E-state index contributed by atoms with van der Waals surface area (Å²) < 4.78 is 11.1. The lowest BCUT2D eigenvalue weighted by atomic mass is 9.65. The highest BCUT2D eigenvalue weighted by molar-refractivity contribution is 5.24.